The number of aromatic amines is 1. The quantitative estimate of drug-likeness (QED) is 0.362. The van der Waals surface area contributed by atoms with Gasteiger partial charge in [0.2, 0.25) is 0 Å². The number of para-hydroxylation sites is 1. The fourth-order valence-corrected chi connectivity index (χ4v) is 4.31. The van der Waals surface area contributed by atoms with Gasteiger partial charge < -0.3 is 10.3 Å². The largest absolute Gasteiger partial charge is 0.358 e. The van der Waals surface area contributed by atoms with E-state index in [0.717, 1.165) is 0 Å². The summed E-state index contributed by atoms with van der Waals surface area (Å²) in [5.41, 5.74) is 0.930. The van der Waals surface area contributed by atoms with Crippen LogP contribution in [0.5, 0.6) is 0 Å². The minimum Gasteiger partial charge on any atom is -0.358 e. The summed E-state index contributed by atoms with van der Waals surface area (Å²) in [6.45, 7) is 1.92. The number of rotatable bonds is 5. The SMILES string of the molecule is CCC(Nc1ncnc2[nH]cnc12)c1nc2cccc(F)c2c(=O)n1-c1c(Cl)cccc1Cl. The Hall–Kier alpha value is -3.56. The van der Waals surface area contributed by atoms with Crippen LogP contribution < -0.4 is 10.9 Å². The summed E-state index contributed by atoms with van der Waals surface area (Å²) in [7, 11) is 0. The van der Waals surface area contributed by atoms with E-state index in [-0.39, 0.29) is 26.6 Å². The van der Waals surface area contributed by atoms with Crippen LogP contribution in [0.2, 0.25) is 10.0 Å². The predicted octanol–water partition coefficient (Wildman–Crippen LogP) is 5.06. The van der Waals surface area contributed by atoms with Gasteiger partial charge in [0.15, 0.2) is 11.5 Å². The predicted molar refractivity (Wildman–Crippen MR) is 126 cm³/mol. The zero-order valence-corrected chi connectivity index (χ0v) is 18.7. The van der Waals surface area contributed by atoms with Crippen LogP contribution in [0.1, 0.15) is 25.2 Å². The molecule has 11 heteroatoms. The lowest BCUT2D eigenvalue weighted by molar-refractivity contribution is 0.630. The molecule has 0 saturated heterocycles. The second-order valence-corrected chi connectivity index (χ2v) is 8.06. The average Bonchev–Trinajstić information content (AvgIpc) is 3.28. The van der Waals surface area contributed by atoms with Crippen molar-refractivity contribution in [3.8, 4) is 5.69 Å². The van der Waals surface area contributed by atoms with E-state index in [1.165, 1.54) is 29.4 Å². The van der Waals surface area contributed by atoms with E-state index in [9.17, 15) is 9.18 Å². The van der Waals surface area contributed by atoms with E-state index in [0.29, 0.717) is 29.2 Å². The Labute approximate surface area is 196 Å². The summed E-state index contributed by atoms with van der Waals surface area (Å²) >= 11 is 12.9. The maximum Gasteiger partial charge on any atom is 0.269 e. The van der Waals surface area contributed by atoms with Crippen molar-refractivity contribution in [2.24, 2.45) is 0 Å². The highest BCUT2D eigenvalue weighted by Crippen LogP contribution is 2.32. The van der Waals surface area contributed by atoms with Crippen LogP contribution in [-0.4, -0.2) is 29.5 Å². The van der Waals surface area contributed by atoms with Gasteiger partial charge in [-0.15, -0.1) is 0 Å². The summed E-state index contributed by atoms with van der Waals surface area (Å²) in [6.07, 6.45) is 3.42. The summed E-state index contributed by atoms with van der Waals surface area (Å²) in [5.74, 6) is 0.0832. The zero-order chi connectivity index (χ0) is 23.1. The third-order valence-corrected chi connectivity index (χ3v) is 5.89. The van der Waals surface area contributed by atoms with Crippen LogP contribution in [0.4, 0.5) is 10.2 Å². The van der Waals surface area contributed by atoms with Crippen molar-refractivity contribution in [3.63, 3.8) is 0 Å². The van der Waals surface area contributed by atoms with Gasteiger partial charge in [0, 0.05) is 0 Å². The van der Waals surface area contributed by atoms with E-state index in [1.807, 2.05) is 6.92 Å². The molecule has 0 spiro atoms. The minimum absolute atomic E-state index is 0.149. The normalized spacial score (nSPS) is 12.4. The molecule has 2 N–H and O–H groups in total. The van der Waals surface area contributed by atoms with Crippen molar-refractivity contribution in [1.82, 2.24) is 29.5 Å². The molecule has 8 nitrogen and oxygen atoms in total. The lowest BCUT2D eigenvalue weighted by Crippen LogP contribution is -2.29. The Morgan fingerprint density at radius 3 is 2.64 bits per heavy atom. The first-order valence-electron chi connectivity index (χ1n) is 10.1. The minimum atomic E-state index is -0.677. The van der Waals surface area contributed by atoms with Crippen LogP contribution in [0.25, 0.3) is 27.8 Å². The number of hydrogen-bond donors (Lipinski definition) is 2. The molecular formula is C22H16Cl2FN7O. The first-order valence-corrected chi connectivity index (χ1v) is 10.8. The lowest BCUT2D eigenvalue weighted by atomic mass is 10.1. The van der Waals surface area contributed by atoms with Crippen molar-refractivity contribution < 1.29 is 4.39 Å². The Morgan fingerprint density at radius 1 is 1.12 bits per heavy atom. The Bertz CT molecular complexity index is 1550. The van der Waals surface area contributed by atoms with Crippen molar-refractivity contribution in [3.05, 3.63) is 81.1 Å². The van der Waals surface area contributed by atoms with Gasteiger partial charge in [-0.25, -0.2) is 24.3 Å². The molecule has 2 aromatic carbocycles. The monoisotopic (exact) mass is 483 g/mol. The molecule has 0 radical (unpaired) electrons. The summed E-state index contributed by atoms with van der Waals surface area (Å²) in [5, 5.41) is 3.61. The Balaban J connectivity index is 1.79. The molecule has 166 valence electrons. The molecule has 0 saturated carbocycles. The summed E-state index contributed by atoms with van der Waals surface area (Å²) in [6, 6.07) is 8.67. The fraction of sp³-hybridized carbons (Fsp3) is 0.136. The van der Waals surface area contributed by atoms with Crippen LogP contribution in [0.3, 0.4) is 0 Å². The molecule has 1 unspecified atom stereocenters. The number of aromatic nitrogens is 6. The molecule has 3 aromatic heterocycles. The summed E-state index contributed by atoms with van der Waals surface area (Å²) < 4.78 is 15.9. The van der Waals surface area contributed by atoms with E-state index in [1.54, 1.807) is 24.3 Å². The first kappa shape index (κ1) is 21.3. The van der Waals surface area contributed by atoms with Gasteiger partial charge in [0.1, 0.15) is 28.9 Å². The topological polar surface area (TPSA) is 101 Å². The van der Waals surface area contributed by atoms with Crippen LogP contribution >= 0.6 is 23.2 Å². The van der Waals surface area contributed by atoms with Gasteiger partial charge in [-0.3, -0.25) is 9.36 Å². The highest BCUT2D eigenvalue weighted by atomic mass is 35.5. The Morgan fingerprint density at radius 2 is 1.88 bits per heavy atom. The Kier molecular flexibility index (Phi) is 5.43. The van der Waals surface area contributed by atoms with E-state index < -0.39 is 17.4 Å². The number of nitrogens with zero attached hydrogens (tertiary/aromatic N) is 5. The van der Waals surface area contributed by atoms with Gasteiger partial charge in [-0.05, 0) is 30.7 Å². The molecule has 5 rings (SSSR count). The molecule has 0 bridgehead atoms. The van der Waals surface area contributed by atoms with Crippen LogP contribution in [0, 0.1) is 5.82 Å². The van der Waals surface area contributed by atoms with Gasteiger partial charge >= 0.3 is 0 Å². The number of anilines is 1. The molecule has 0 amide bonds. The highest BCUT2D eigenvalue weighted by molar-refractivity contribution is 6.37. The zero-order valence-electron chi connectivity index (χ0n) is 17.2. The molecule has 1 atom stereocenters. The lowest BCUT2D eigenvalue weighted by Gasteiger charge is -2.23. The van der Waals surface area contributed by atoms with Gasteiger partial charge in [-0.2, -0.15) is 0 Å². The van der Waals surface area contributed by atoms with E-state index in [2.05, 4.69) is 30.2 Å². The molecule has 33 heavy (non-hydrogen) atoms. The van der Waals surface area contributed by atoms with Crippen LogP contribution in [-0.2, 0) is 0 Å². The second kappa shape index (κ2) is 8.42. The maximum absolute atomic E-state index is 14.7. The first-order chi connectivity index (χ1) is 16.0. The van der Waals surface area contributed by atoms with Gasteiger partial charge in [0.05, 0.1) is 33.6 Å². The van der Waals surface area contributed by atoms with Gasteiger partial charge in [-0.1, -0.05) is 42.3 Å². The molecular weight excluding hydrogens is 468 g/mol. The summed E-state index contributed by atoms with van der Waals surface area (Å²) in [4.78, 5) is 33.9. The van der Waals surface area contributed by atoms with Gasteiger partial charge in [0.25, 0.3) is 5.56 Å². The smallest absolute Gasteiger partial charge is 0.269 e. The molecule has 3 heterocycles. The highest BCUT2D eigenvalue weighted by Gasteiger charge is 2.25. The number of hydrogen-bond acceptors (Lipinski definition) is 6. The second-order valence-electron chi connectivity index (χ2n) is 7.24. The number of benzene rings is 2. The van der Waals surface area contributed by atoms with Crippen molar-refractivity contribution in [1.29, 1.82) is 0 Å². The molecule has 5 aromatic rings. The number of halogens is 3. The van der Waals surface area contributed by atoms with Crippen LogP contribution in [0.15, 0.2) is 53.8 Å². The number of imidazole rings is 1. The fourth-order valence-electron chi connectivity index (χ4n) is 3.74. The van der Waals surface area contributed by atoms with E-state index in [4.69, 9.17) is 23.2 Å². The van der Waals surface area contributed by atoms with Crippen molar-refractivity contribution >= 4 is 51.1 Å². The molecule has 0 fully saturated rings. The van der Waals surface area contributed by atoms with Crippen molar-refractivity contribution in [2.75, 3.05) is 5.32 Å². The standard InChI is InChI=1S/C22H16Cl2FN7O/c1-2-14(30-20-17-19(27-9-26-17)28-10-29-20)21-31-15-8-4-7-13(25)16(15)22(33)32(21)18-11(23)5-3-6-12(18)24/h3-10,14H,2H2,1H3,(H2,26,27,28,29,30). The third kappa shape index (κ3) is 3.59. The maximum atomic E-state index is 14.7. The van der Waals surface area contributed by atoms with Crippen molar-refractivity contribution in [2.45, 2.75) is 19.4 Å². The number of fused-ring (bicyclic) bond motifs is 2. The molecule has 0 aliphatic heterocycles. The third-order valence-electron chi connectivity index (χ3n) is 5.28. The van der Waals surface area contributed by atoms with E-state index >= 15 is 0 Å². The average molecular weight is 484 g/mol. The number of nitrogens with one attached hydrogen (secondary N) is 2. The molecule has 0 aliphatic carbocycles. The number of H-pyrrole nitrogens is 1. The molecule has 0 aliphatic rings.